The van der Waals surface area contributed by atoms with Crippen molar-refractivity contribution in [3.63, 3.8) is 0 Å². The first-order valence-corrected chi connectivity index (χ1v) is 6.13. The van der Waals surface area contributed by atoms with Crippen LogP contribution in [0.2, 0.25) is 0 Å². The highest BCUT2D eigenvalue weighted by Crippen LogP contribution is 2.12. The van der Waals surface area contributed by atoms with Crippen molar-refractivity contribution in [2.45, 2.75) is 27.3 Å². The van der Waals surface area contributed by atoms with Crippen LogP contribution in [0, 0.1) is 20.8 Å². The lowest BCUT2D eigenvalue weighted by molar-refractivity contribution is 0.851. The number of aryl methyl sites for hydroxylation is 3. The summed E-state index contributed by atoms with van der Waals surface area (Å²) in [6, 6.07) is 10.5. The van der Waals surface area contributed by atoms with Gasteiger partial charge in [-0.1, -0.05) is 29.8 Å². The van der Waals surface area contributed by atoms with Gasteiger partial charge in [0, 0.05) is 25.0 Å². The van der Waals surface area contributed by atoms with Gasteiger partial charge in [0.2, 0.25) is 5.95 Å². The molecule has 0 saturated heterocycles. The second-order valence-corrected chi connectivity index (χ2v) is 4.79. The van der Waals surface area contributed by atoms with E-state index in [9.17, 15) is 0 Å². The molecule has 0 aliphatic carbocycles. The van der Waals surface area contributed by atoms with E-state index < -0.39 is 0 Å². The van der Waals surface area contributed by atoms with Crippen LogP contribution in [0.25, 0.3) is 0 Å². The van der Waals surface area contributed by atoms with Crippen molar-refractivity contribution in [2.75, 3.05) is 11.9 Å². The Balaban J connectivity index is 2.16. The molecular formula is C15H19N3. The van der Waals surface area contributed by atoms with Gasteiger partial charge in [0.1, 0.15) is 0 Å². The molecule has 1 heterocycles. The molecule has 0 radical (unpaired) electrons. The third-order valence-electron chi connectivity index (χ3n) is 2.85. The molecule has 0 unspecified atom stereocenters. The minimum Gasteiger partial charge on any atom is -0.340 e. The molecule has 1 aromatic carbocycles. The molecule has 0 aliphatic heterocycles. The van der Waals surface area contributed by atoms with Gasteiger partial charge in [-0.2, -0.15) is 0 Å². The first-order chi connectivity index (χ1) is 8.54. The Labute approximate surface area is 109 Å². The number of hydrogen-bond donors (Lipinski definition) is 0. The van der Waals surface area contributed by atoms with Gasteiger partial charge in [-0.15, -0.1) is 0 Å². The SMILES string of the molecule is Cc1ccc(CN(C)c2nc(C)cc(C)n2)cc1. The normalized spacial score (nSPS) is 10.4. The second-order valence-electron chi connectivity index (χ2n) is 4.79. The standard InChI is InChI=1S/C15H19N3/c1-11-5-7-14(8-6-11)10-18(4)15-16-12(2)9-13(3)17-15/h5-9H,10H2,1-4H3. The monoisotopic (exact) mass is 241 g/mol. The van der Waals surface area contributed by atoms with Crippen molar-refractivity contribution in [3.05, 3.63) is 52.8 Å². The third-order valence-corrected chi connectivity index (χ3v) is 2.85. The van der Waals surface area contributed by atoms with E-state index in [0.29, 0.717) is 0 Å². The van der Waals surface area contributed by atoms with Crippen molar-refractivity contribution in [1.29, 1.82) is 0 Å². The molecule has 1 aromatic heterocycles. The number of aromatic nitrogens is 2. The minimum absolute atomic E-state index is 0.785. The topological polar surface area (TPSA) is 29.0 Å². The second kappa shape index (κ2) is 5.17. The summed E-state index contributed by atoms with van der Waals surface area (Å²) >= 11 is 0. The summed E-state index contributed by atoms with van der Waals surface area (Å²) in [4.78, 5) is 11.0. The smallest absolute Gasteiger partial charge is 0.225 e. The molecule has 0 spiro atoms. The summed E-state index contributed by atoms with van der Waals surface area (Å²) in [6.07, 6.45) is 0. The number of rotatable bonds is 3. The quantitative estimate of drug-likeness (QED) is 0.827. The maximum absolute atomic E-state index is 4.46. The van der Waals surface area contributed by atoms with Crippen LogP contribution < -0.4 is 4.90 Å². The number of hydrogen-bond acceptors (Lipinski definition) is 3. The first kappa shape index (κ1) is 12.6. The molecule has 0 atom stereocenters. The summed E-state index contributed by atoms with van der Waals surface area (Å²) in [5.41, 5.74) is 4.57. The van der Waals surface area contributed by atoms with E-state index in [1.54, 1.807) is 0 Å². The van der Waals surface area contributed by atoms with Gasteiger partial charge in [-0.3, -0.25) is 0 Å². The highest BCUT2D eigenvalue weighted by atomic mass is 15.2. The molecule has 0 N–H and O–H groups in total. The summed E-state index contributed by atoms with van der Waals surface area (Å²) in [6.45, 7) is 6.92. The lowest BCUT2D eigenvalue weighted by Crippen LogP contribution is -2.19. The van der Waals surface area contributed by atoms with Gasteiger partial charge >= 0.3 is 0 Å². The maximum Gasteiger partial charge on any atom is 0.225 e. The number of anilines is 1. The van der Waals surface area contributed by atoms with Crippen molar-refractivity contribution >= 4 is 5.95 Å². The zero-order valence-corrected chi connectivity index (χ0v) is 11.4. The van der Waals surface area contributed by atoms with Gasteiger partial charge in [-0.25, -0.2) is 9.97 Å². The Kier molecular flexibility index (Phi) is 3.60. The Morgan fingerprint density at radius 2 is 1.50 bits per heavy atom. The Bertz CT molecular complexity index is 512. The molecule has 0 aliphatic rings. The van der Waals surface area contributed by atoms with Crippen LogP contribution in [0.5, 0.6) is 0 Å². The van der Waals surface area contributed by atoms with Crippen molar-refractivity contribution < 1.29 is 0 Å². The fourth-order valence-electron chi connectivity index (χ4n) is 1.92. The van der Waals surface area contributed by atoms with Crippen LogP contribution in [0.15, 0.2) is 30.3 Å². The van der Waals surface area contributed by atoms with E-state index >= 15 is 0 Å². The predicted octanol–water partition coefficient (Wildman–Crippen LogP) is 3.04. The highest BCUT2D eigenvalue weighted by molar-refractivity contribution is 5.33. The molecule has 0 amide bonds. The van der Waals surface area contributed by atoms with Gasteiger partial charge in [-0.05, 0) is 32.4 Å². The van der Waals surface area contributed by atoms with Crippen LogP contribution in [0.1, 0.15) is 22.5 Å². The number of benzene rings is 1. The molecule has 2 aromatic rings. The summed E-state index contributed by atoms with van der Waals surface area (Å²) in [5.74, 6) is 0.785. The lowest BCUT2D eigenvalue weighted by atomic mass is 10.1. The zero-order chi connectivity index (χ0) is 13.1. The summed E-state index contributed by atoms with van der Waals surface area (Å²) in [7, 11) is 2.02. The van der Waals surface area contributed by atoms with E-state index in [4.69, 9.17) is 0 Å². The molecule has 0 fully saturated rings. The van der Waals surface area contributed by atoms with Crippen LogP contribution in [0.3, 0.4) is 0 Å². The van der Waals surface area contributed by atoms with Crippen LogP contribution in [-0.4, -0.2) is 17.0 Å². The zero-order valence-electron chi connectivity index (χ0n) is 11.4. The van der Waals surface area contributed by atoms with E-state index in [2.05, 4.69) is 46.1 Å². The van der Waals surface area contributed by atoms with E-state index in [0.717, 1.165) is 23.9 Å². The van der Waals surface area contributed by atoms with Crippen molar-refractivity contribution in [2.24, 2.45) is 0 Å². The molecule has 18 heavy (non-hydrogen) atoms. The van der Waals surface area contributed by atoms with E-state index in [1.807, 2.05) is 27.0 Å². The van der Waals surface area contributed by atoms with Crippen LogP contribution >= 0.6 is 0 Å². The molecule has 94 valence electrons. The van der Waals surface area contributed by atoms with Crippen molar-refractivity contribution in [1.82, 2.24) is 9.97 Å². The van der Waals surface area contributed by atoms with E-state index in [-0.39, 0.29) is 0 Å². The van der Waals surface area contributed by atoms with Crippen LogP contribution in [0.4, 0.5) is 5.95 Å². The number of nitrogens with zero attached hydrogens (tertiary/aromatic N) is 3. The molecule has 3 heteroatoms. The highest BCUT2D eigenvalue weighted by Gasteiger charge is 2.06. The Morgan fingerprint density at radius 3 is 2.06 bits per heavy atom. The first-order valence-electron chi connectivity index (χ1n) is 6.13. The molecule has 0 bridgehead atoms. The maximum atomic E-state index is 4.46. The molecule has 0 saturated carbocycles. The van der Waals surface area contributed by atoms with Gasteiger partial charge in [0.05, 0.1) is 0 Å². The van der Waals surface area contributed by atoms with Gasteiger partial charge in [0.25, 0.3) is 0 Å². The van der Waals surface area contributed by atoms with Gasteiger partial charge in [0.15, 0.2) is 0 Å². The predicted molar refractivity (Wildman–Crippen MR) is 74.8 cm³/mol. The van der Waals surface area contributed by atoms with Gasteiger partial charge < -0.3 is 4.90 Å². The van der Waals surface area contributed by atoms with Crippen molar-refractivity contribution in [3.8, 4) is 0 Å². The van der Waals surface area contributed by atoms with E-state index in [1.165, 1.54) is 11.1 Å². The summed E-state index contributed by atoms with van der Waals surface area (Å²) < 4.78 is 0. The molecular weight excluding hydrogens is 222 g/mol. The van der Waals surface area contributed by atoms with Crippen LogP contribution in [-0.2, 0) is 6.54 Å². The Hall–Kier alpha value is -1.90. The average Bonchev–Trinajstić information content (AvgIpc) is 2.31. The third kappa shape index (κ3) is 3.06. The average molecular weight is 241 g/mol. The molecule has 3 nitrogen and oxygen atoms in total. The lowest BCUT2D eigenvalue weighted by Gasteiger charge is -2.18. The summed E-state index contributed by atoms with van der Waals surface area (Å²) in [5, 5.41) is 0. The fourth-order valence-corrected chi connectivity index (χ4v) is 1.92. The Morgan fingerprint density at radius 1 is 0.944 bits per heavy atom. The minimum atomic E-state index is 0.785. The fraction of sp³-hybridized carbons (Fsp3) is 0.333. The molecule has 2 rings (SSSR count). The largest absolute Gasteiger partial charge is 0.340 e.